The molecule has 3 heterocycles. The van der Waals surface area contributed by atoms with Crippen LogP contribution < -0.4 is 15.6 Å². The van der Waals surface area contributed by atoms with Crippen LogP contribution in [0.4, 0.5) is 13.2 Å². The van der Waals surface area contributed by atoms with Crippen molar-refractivity contribution in [2.45, 2.75) is 25.1 Å². The molecule has 1 saturated heterocycles. The fourth-order valence-corrected chi connectivity index (χ4v) is 3.21. The molecule has 1 aliphatic heterocycles. The van der Waals surface area contributed by atoms with Crippen molar-refractivity contribution >= 4 is 17.0 Å². The fraction of sp³-hybridized carbons (Fsp3) is 0.368. The van der Waals surface area contributed by atoms with Crippen molar-refractivity contribution in [3.8, 4) is 5.75 Å². The Morgan fingerprint density at radius 3 is 2.68 bits per heavy atom. The molecular weight excluding hydrogens is 419 g/mol. The van der Waals surface area contributed by atoms with Crippen molar-refractivity contribution in [2.24, 2.45) is 0 Å². The quantitative estimate of drug-likeness (QED) is 0.567. The summed E-state index contributed by atoms with van der Waals surface area (Å²) in [6, 6.07) is 7.99. The number of methoxy groups -OCH3 is 1. The van der Waals surface area contributed by atoms with Crippen LogP contribution in [0.5, 0.6) is 5.75 Å². The van der Waals surface area contributed by atoms with Gasteiger partial charge in [0.15, 0.2) is 5.65 Å². The van der Waals surface area contributed by atoms with Gasteiger partial charge in [-0.15, -0.1) is 0 Å². The van der Waals surface area contributed by atoms with Gasteiger partial charge in [-0.2, -0.15) is 18.3 Å². The van der Waals surface area contributed by atoms with E-state index in [1.807, 2.05) is 28.9 Å². The van der Waals surface area contributed by atoms with E-state index in [0.717, 1.165) is 30.8 Å². The van der Waals surface area contributed by atoms with E-state index >= 15 is 0 Å². The number of carbonyl (C=O) groups is 1. The summed E-state index contributed by atoms with van der Waals surface area (Å²) < 4.78 is 39.0. The van der Waals surface area contributed by atoms with Gasteiger partial charge in [0.2, 0.25) is 0 Å². The molecule has 31 heavy (non-hydrogen) atoms. The maximum atomic E-state index is 12.4. The number of H-pyrrole nitrogens is 1. The van der Waals surface area contributed by atoms with Crippen LogP contribution in [0.3, 0.4) is 0 Å². The lowest BCUT2D eigenvalue weighted by atomic mass is 10.1. The molecule has 0 saturated carbocycles. The number of nitrogens with zero attached hydrogens (tertiary/aromatic N) is 3. The zero-order valence-corrected chi connectivity index (χ0v) is 16.4. The number of carboxylic acid groups (broad SMARTS) is 1. The average Bonchev–Trinajstić information content (AvgIpc) is 3.38. The highest BCUT2D eigenvalue weighted by atomic mass is 19.4. The number of hydrogen-bond acceptors (Lipinski definition) is 6. The van der Waals surface area contributed by atoms with Gasteiger partial charge >= 0.3 is 12.1 Å². The molecule has 2 aromatic heterocycles. The number of rotatable bonds is 4. The number of hydrogen-bond donors (Lipinski definition) is 3. The standard InChI is InChI=1S/C17H19N5O2.C2HF3O2/c1-24-14-5-3-2-4-11(14)8-15-20-16-13(17(23)21-15)10-19-22(16)12-6-7-18-9-12;3-2(4,5)1(6)7/h2-5,10,12,18H,6-9H2,1H3,(H,20,21,23);(H,6,7). The first-order valence-corrected chi connectivity index (χ1v) is 9.30. The molecule has 0 spiro atoms. The maximum Gasteiger partial charge on any atom is 0.490 e. The van der Waals surface area contributed by atoms with Crippen molar-refractivity contribution in [1.29, 1.82) is 0 Å². The summed E-state index contributed by atoms with van der Waals surface area (Å²) >= 11 is 0. The van der Waals surface area contributed by atoms with Crippen LogP contribution in [0, 0.1) is 0 Å². The predicted molar refractivity (Wildman–Crippen MR) is 104 cm³/mol. The second-order valence-electron chi connectivity index (χ2n) is 6.78. The summed E-state index contributed by atoms with van der Waals surface area (Å²) in [5.41, 5.74) is 1.48. The molecule has 3 N–H and O–H groups in total. The SMILES string of the molecule is COc1ccccc1Cc1nc2c(cnn2C2CCNC2)c(=O)[nH]1.O=C(O)C(F)(F)F. The summed E-state index contributed by atoms with van der Waals surface area (Å²) in [5, 5.41) is 15.4. The molecular formula is C19H20F3N5O4. The summed E-state index contributed by atoms with van der Waals surface area (Å²) in [4.78, 5) is 28.8. The van der Waals surface area contributed by atoms with Crippen molar-refractivity contribution in [2.75, 3.05) is 20.2 Å². The second-order valence-corrected chi connectivity index (χ2v) is 6.78. The van der Waals surface area contributed by atoms with Crippen LogP contribution in [-0.2, 0) is 11.2 Å². The summed E-state index contributed by atoms with van der Waals surface area (Å²) in [7, 11) is 1.64. The maximum absolute atomic E-state index is 12.4. The molecule has 1 unspecified atom stereocenters. The first kappa shape index (κ1) is 22.3. The highest BCUT2D eigenvalue weighted by Gasteiger charge is 2.38. The minimum absolute atomic E-state index is 0.151. The van der Waals surface area contributed by atoms with E-state index in [0.29, 0.717) is 23.3 Å². The van der Waals surface area contributed by atoms with Gasteiger partial charge in [-0.25, -0.2) is 14.5 Å². The highest BCUT2D eigenvalue weighted by Crippen LogP contribution is 2.22. The van der Waals surface area contributed by atoms with Crippen LogP contribution in [-0.4, -0.2) is 57.2 Å². The second kappa shape index (κ2) is 9.16. The van der Waals surface area contributed by atoms with E-state index in [-0.39, 0.29) is 11.6 Å². The molecule has 0 amide bonds. The zero-order chi connectivity index (χ0) is 22.6. The summed E-state index contributed by atoms with van der Waals surface area (Å²) in [5.74, 6) is -1.36. The number of para-hydroxylation sites is 1. The first-order valence-electron chi connectivity index (χ1n) is 9.30. The molecule has 0 bridgehead atoms. The molecule has 1 aromatic carbocycles. The van der Waals surface area contributed by atoms with Gasteiger partial charge in [0.1, 0.15) is 17.0 Å². The number of aliphatic carboxylic acids is 1. The number of benzene rings is 1. The van der Waals surface area contributed by atoms with Crippen LogP contribution in [0.1, 0.15) is 23.9 Å². The van der Waals surface area contributed by atoms with Crippen LogP contribution in [0.2, 0.25) is 0 Å². The average molecular weight is 439 g/mol. The Morgan fingerprint density at radius 1 is 1.35 bits per heavy atom. The van der Waals surface area contributed by atoms with E-state index in [2.05, 4.69) is 20.4 Å². The number of nitrogens with one attached hydrogen (secondary N) is 2. The minimum Gasteiger partial charge on any atom is -0.496 e. The lowest BCUT2D eigenvalue weighted by molar-refractivity contribution is -0.192. The number of alkyl halides is 3. The summed E-state index contributed by atoms with van der Waals surface area (Å²) in [6.07, 6.45) is -1.98. The topological polar surface area (TPSA) is 122 Å². The number of carboxylic acids is 1. The smallest absolute Gasteiger partial charge is 0.490 e. The van der Waals surface area contributed by atoms with Crippen molar-refractivity contribution in [1.82, 2.24) is 25.1 Å². The molecule has 9 nitrogen and oxygen atoms in total. The zero-order valence-electron chi connectivity index (χ0n) is 16.4. The normalized spacial score (nSPS) is 16.1. The van der Waals surface area contributed by atoms with Crippen LogP contribution >= 0.6 is 0 Å². The van der Waals surface area contributed by atoms with E-state index in [1.54, 1.807) is 13.3 Å². The van der Waals surface area contributed by atoms with Gasteiger partial charge in [-0.05, 0) is 19.0 Å². The van der Waals surface area contributed by atoms with Crippen LogP contribution in [0.15, 0.2) is 35.3 Å². The van der Waals surface area contributed by atoms with Crippen molar-refractivity contribution < 1.29 is 27.8 Å². The fourth-order valence-electron chi connectivity index (χ4n) is 3.21. The molecule has 1 fully saturated rings. The van der Waals surface area contributed by atoms with Gasteiger partial charge in [0, 0.05) is 18.5 Å². The van der Waals surface area contributed by atoms with E-state index in [4.69, 9.17) is 14.6 Å². The van der Waals surface area contributed by atoms with Crippen LogP contribution in [0.25, 0.3) is 11.0 Å². The lowest BCUT2D eigenvalue weighted by Crippen LogP contribution is -2.21. The monoisotopic (exact) mass is 439 g/mol. The van der Waals surface area contributed by atoms with E-state index in [9.17, 15) is 18.0 Å². The molecule has 3 aromatic rings. The number of ether oxygens (including phenoxy) is 1. The van der Waals surface area contributed by atoms with Gasteiger partial charge < -0.3 is 20.1 Å². The largest absolute Gasteiger partial charge is 0.496 e. The molecule has 1 aliphatic rings. The third-order valence-corrected chi connectivity index (χ3v) is 4.69. The van der Waals surface area contributed by atoms with Gasteiger partial charge in [-0.3, -0.25) is 4.79 Å². The Morgan fingerprint density at radius 2 is 2.06 bits per heavy atom. The molecule has 4 rings (SSSR count). The van der Waals surface area contributed by atoms with Crippen molar-refractivity contribution in [3.05, 3.63) is 52.2 Å². The number of fused-ring (bicyclic) bond motifs is 1. The first-order chi connectivity index (χ1) is 14.7. The van der Waals surface area contributed by atoms with Gasteiger partial charge in [-0.1, -0.05) is 18.2 Å². The number of aromatic nitrogens is 4. The lowest BCUT2D eigenvalue weighted by Gasteiger charge is -2.11. The van der Waals surface area contributed by atoms with E-state index in [1.165, 1.54) is 0 Å². The third-order valence-electron chi connectivity index (χ3n) is 4.69. The molecule has 12 heteroatoms. The molecule has 0 radical (unpaired) electrons. The summed E-state index contributed by atoms with van der Waals surface area (Å²) in [6.45, 7) is 1.82. The Balaban J connectivity index is 0.000000339. The highest BCUT2D eigenvalue weighted by molar-refractivity contribution is 5.73. The molecule has 1 atom stereocenters. The molecule has 166 valence electrons. The Kier molecular flexibility index (Phi) is 6.59. The van der Waals surface area contributed by atoms with Crippen molar-refractivity contribution in [3.63, 3.8) is 0 Å². The predicted octanol–water partition coefficient (Wildman–Crippen LogP) is 1.89. The van der Waals surface area contributed by atoms with E-state index < -0.39 is 12.1 Å². The number of halogens is 3. The Labute approximate surface area is 173 Å². The Hall–Kier alpha value is -3.41. The minimum atomic E-state index is -5.08. The van der Waals surface area contributed by atoms with Gasteiger partial charge in [0.05, 0.1) is 19.3 Å². The Bertz CT molecular complexity index is 1120. The molecule has 0 aliphatic carbocycles. The van der Waals surface area contributed by atoms with Gasteiger partial charge in [0.25, 0.3) is 5.56 Å². The number of aromatic amines is 1. The third kappa shape index (κ3) is 5.20.